The molecule has 4 atom stereocenters. The van der Waals surface area contributed by atoms with Crippen LogP contribution in [0.4, 0.5) is 0 Å². The highest BCUT2D eigenvalue weighted by Gasteiger charge is 2.32. The molecule has 1 saturated heterocycles. The molecule has 0 radical (unpaired) electrons. The molecule has 0 unspecified atom stereocenters. The number of rotatable bonds is 28. The first kappa shape index (κ1) is 57.1. The van der Waals surface area contributed by atoms with E-state index in [2.05, 4.69) is 21.3 Å². The van der Waals surface area contributed by atoms with Gasteiger partial charge in [0, 0.05) is 65.2 Å². The number of hydrogen-bond acceptors (Lipinski definition) is 15. The molecule has 0 bridgehead atoms. The van der Waals surface area contributed by atoms with Gasteiger partial charge >= 0.3 is 17.9 Å². The third-order valence-corrected chi connectivity index (χ3v) is 11.5. The maximum Gasteiger partial charge on any atom is 0.317 e. The fraction of sp³-hybridized carbons (Fsp3) is 0.565. The molecular weight excluding hydrogens is 899 g/mol. The highest BCUT2D eigenvalue weighted by Crippen LogP contribution is 2.14. The maximum absolute atomic E-state index is 14.4. The van der Waals surface area contributed by atoms with Crippen molar-refractivity contribution < 1.29 is 58.8 Å². The molecule has 0 aromatic heterocycles. The molecule has 0 aliphatic carbocycles. The standard InChI is InChI=1S/C46H71N11O12/c47-16-6-4-10-35(43(49)66)51-46(69)38(27-33-12-14-34(58)15-13-33)53-44(67)36(11-5-7-17-48)52-45(68)37(26-32-8-2-1-3-9-32)50-39(59)28-54-18-20-55(29-40(60)61)22-24-57(31-42(64)65)25-23-56(21-19-54)30-41(62)63/h1-3,8-9,12-15,35-38,58H,4-7,10-11,16-31,47-48H2,(H2,49,66)(H,50,59)(H,51,69)(H,52,68)(H,53,67)(H,60,61)(H,62,63)(H,64,65)/t35-,36-,37-,38-/m0/s1. The lowest BCUT2D eigenvalue weighted by Gasteiger charge is -2.33. The molecule has 2 aromatic carbocycles. The zero-order chi connectivity index (χ0) is 50.7. The van der Waals surface area contributed by atoms with Gasteiger partial charge in [-0.25, -0.2) is 0 Å². The van der Waals surface area contributed by atoms with Gasteiger partial charge in [-0.15, -0.1) is 0 Å². The molecule has 2 aromatic rings. The predicted octanol–water partition coefficient (Wildman–Crippen LogP) is -2.66. The van der Waals surface area contributed by atoms with Crippen LogP contribution in [-0.2, 0) is 51.2 Å². The van der Waals surface area contributed by atoms with Crippen LogP contribution in [0.3, 0.4) is 0 Å². The van der Waals surface area contributed by atoms with E-state index in [1.54, 1.807) is 62.1 Å². The second-order valence-electron chi connectivity index (χ2n) is 17.1. The third kappa shape index (κ3) is 23.1. The van der Waals surface area contributed by atoms with Crippen LogP contribution in [-0.4, -0.2) is 203 Å². The Morgan fingerprint density at radius 1 is 0.478 bits per heavy atom. The molecule has 3 rings (SSSR count). The lowest BCUT2D eigenvalue weighted by molar-refractivity contribution is -0.140. The van der Waals surface area contributed by atoms with Crippen molar-refractivity contribution in [3.8, 4) is 5.75 Å². The summed E-state index contributed by atoms with van der Waals surface area (Å²) in [6, 6.07) is 10.0. The number of benzene rings is 2. The lowest BCUT2D eigenvalue weighted by atomic mass is 10.0. The summed E-state index contributed by atoms with van der Waals surface area (Å²) >= 11 is 0. The van der Waals surface area contributed by atoms with E-state index in [-0.39, 0.29) is 110 Å². The monoisotopic (exact) mass is 970 g/mol. The number of phenolic OH excluding ortho intramolecular Hbond substituents is 1. The molecule has 1 heterocycles. The van der Waals surface area contributed by atoms with E-state index in [0.29, 0.717) is 49.9 Å². The van der Waals surface area contributed by atoms with E-state index >= 15 is 0 Å². The molecule has 1 fully saturated rings. The number of primary amides is 1. The number of carboxylic acid groups (broad SMARTS) is 3. The van der Waals surface area contributed by atoms with Crippen molar-refractivity contribution in [3.63, 3.8) is 0 Å². The molecule has 0 spiro atoms. The predicted molar refractivity (Wildman–Crippen MR) is 253 cm³/mol. The Morgan fingerprint density at radius 3 is 1.26 bits per heavy atom. The molecule has 23 heteroatoms. The Kier molecular flexibility index (Phi) is 25.6. The van der Waals surface area contributed by atoms with Gasteiger partial charge in [-0.2, -0.15) is 0 Å². The van der Waals surface area contributed by atoms with Crippen LogP contribution in [0.15, 0.2) is 54.6 Å². The van der Waals surface area contributed by atoms with Gasteiger partial charge in [0.1, 0.15) is 29.9 Å². The Labute approximate surface area is 402 Å². The van der Waals surface area contributed by atoms with Crippen molar-refractivity contribution in [2.45, 2.75) is 75.5 Å². The second kappa shape index (κ2) is 31.0. The summed E-state index contributed by atoms with van der Waals surface area (Å²) in [7, 11) is 0. The van der Waals surface area contributed by atoms with Crippen molar-refractivity contribution in [3.05, 3.63) is 65.7 Å². The van der Waals surface area contributed by atoms with Gasteiger partial charge in [0.25, 0.3) is 0 Å². The molecular formula is C46H71N11O12. The molecule has 69 heavy (non-hydrogen) atoms. The molecule has 5 amide bonds. The second-order valence-corrected chi connectivity index (χ2v) is 17.1. The van der Waals surface area contributed by atoms with Crippen molar-refractivity contribution in [1.29, 1.82) is 0 Å². The van der Waals surface area contributed by atoms with Crippen LogP contribution in [0.1, 0.15) is 49.7 Å². The van der Waals surface area contributed by atoms with E-state index in [0.717, 1.165) is 0 Å². The zero-order valence-corrected chi connectivity index (χ0v) is 39.1. The quantitative estimate of drug-likeness (QED) is 0.0388. The van der Waals surface area contributed by atoms with Crippen molar-refractivity contribution in [2.75, 3.05) is 91.6 Å². The number of phenols is 1. The van der Waals surface area contributed by atoms with Crippen molar-refractivity contribution in [1.82, 2.24) is 40.9 Å². The van der Waals surface area contributed by atoms with Crippen LogP contribution in [0, 0.1) is 0 Å². The van der Waals surface area contributed by atoms with Crippen LogP contribution in [0.5, 0.6) is 5.75 Å². The van der Waals surface area contributed by atoms with Gasteiger partial charge < -0.3 is 58.9 Å². The largest absolute Gasteiger partial charge is 0.508 e. The van der Waals surface area contributed by atoms with Gasteiger partial charge in [-0.1, -0.05) is 42.5 Å². The molecule has 0 saturated carbocycles. The number of carbonyl (C=O) groups excluding carboxylic acids is 5. The Morgan fingerprint density at radius 2 is 0.841 bits per heavy atom. The lowest BCUT2D eigenvalue weighted by Crippen LogP contribution is -2.59. The normalized spacial score (nSPS) is 16.3. The van der Waals surface area contributed by atoms with E-state index in [4.69, 9.17) is 17.2 Å². The first-order valence-electron chi connectivity index (χ1n) is 23.2. The number of amides is 5. The number of carbonyl (C=O) groups is 8. The maximum atomic E-state index is 14.4. The minimum Gasteiger partial charge on any atom is -0.508 e. The van der Waals surface area contributed by atoms with Gasteiger partial charge in [0.15, 0.2) is 0 Å². The first-order valence-corrected chi connectivity index (χ1v) is 23.2. The number of nitrogens with zero attached hydrogens (tertiary/aromatic N) is 4. The number of aliphatic carboxylic acids is 3. The first-order chi connectivity index (χ1) is 33.0. The smallest absolute Gasteiger partial charge is 0.317 e. The summed E-state index contributed by atoms with van der Waals surface area (Å²) in [4.78, 5) is 111. The minimum atomic E-state index is -1.27. The van der Waals surface area contributed by atoms with E-state index in [9.17, 15) is 58.8 Å². The van der Waals surface area contributed by atoms with Crippen molar-refractivity contribution >= 4 is 47.4 Å². The number of hydrogen-bond donors (Lipinski definition) is 11. The van der Waals surface area contributed by atoms with Crippen LogP contribution >= 0.6 is 0 Å². The molecule has 1 aliphatic rings. The van der Waals surface area contributed by atoms with Crippen LogP contribution in [0.2, 0.25) is 0 Å². The van der Waals surface area contributed by atoms with Gasteiger partial charge in [-0.3, -0.25) is 58.0 Å². The summed E-state index contributed by atoms with van der Waals surface area (Å²) in [5.41, 5.74) is 18.3. The van der Waals surface area contributed by atoms with E-state index in [1.165, 1.54) is 12.1 Å². The summed E-state index contributed by atoms with van der Waals surface area (Å²) in [5, 5.41) is 49.6. The van der Waals surface area contributed by atoms with E-state index in [1.807, 2.05) is 0 Å². The SMILES string of the molecule is NCCCC[C@H](NC(=O)[C@H](Cc1ccc(O)cc1)NC(=O)[C@H](CCCCN)NC(=O)[C@H](Cc1ccccc1)NC(=O)CN1CCN(CC(=O)O)CCN(CC(=O)O)CCN(CC(=O)O)CC1)C(N)=O. The number of unbranched alkanes of at least 4 members (excludes halogenated alkanes) is 2. The molecule has 14 N–H and O–H groups in total. The third-order valence-electron chi connectivity index (χ3n) is 11.5. The zero-order valence-electron chi connectivity index (χ0n) is 39.1. The summed E-state index contributed by atoms with van der Waals surface area (Å²) in [6.07, 6.45) is 2.22. The molecule has 1 aliphatic heterocycles. The van der Waals surface area contributed by atoms with Gasteiger partial charge in [-0.05, 0) is 74.9 Å². The summed E-state index contributed by atoms with van der Waals surface area (Å²) in [5.74, 6) is -6.83. The topological polar surface area (TPSA) is 357 Å². The Balaban J connectivity index is 1.89. The fourth-order valence-corrected chi connectivity index (χ4v) is 7.72. The highest BCUT2D eigenvalue weighted by atomic mass is 16.4. The Bertz CT molecular complexity index is 1930. The van der Waals surface area contributed by atoms with Gasteiger partial charge in [0.05, 0.1) is 26.2 Å². The van der Waals surface area contributed by atoms with E-state index < -0.39 is 71.6 Å². The number of nitrogens with two attached hydrogens (primary N) is 3. The number of aromatic hydroxyl groups is 1. The highest BCUT2D eigenvalue weighted by molar-refractivity contribution is 5.95. The average molecular weight is 970 g/mol. The number of carboxylic acids is 3. The van der Waals surface area contributed by atoms with Crippen LogP contribution in [0.25, 0.3) is 0 Å². The summed E-state index contributed by atoms with van der Waals surface area (Å²) in [6.45, 7) is 0.761. The fourth-order valence-electron chi connectivity index (χ4n) is 7.72. The average Bonchev–Trinajstić information content (AvgIpc) is 3.29. The van der Waals surface area contributed by atoms with Crippen molar-refractivity contribution in [2.24, 2.45) is 17.2 Å². The van der Waals surface area contributed by atoms with Gasteiger partial charge in [0.2, 0.25) is 29.5 Å². The molecule has 382 valence electrons. The minimum absolute atomic E-state index is 0.00567. The summed E-state index contributed by atoms with van der Waals surface area (Å²) < 4.78 is 0. The molecule has 23 nitrogen and oxygen atoms in total. The Hall–Kier alpha value is -6.24. The number of nitrogens with one attached hydrogen (secondary N) is 4. The van der Waals surface area contributed by atoms with Crippen LogP contribution < -0.4 is 38.5 Å².